The fourth-order valence-electron chi connectivity index (χ4n) is 1.39. The van der Waals surface area contributed by atoms with Crippen molar-refractivity contribution in [3.05, 3.63) is 12.2 Å². The van der Waals surface area contributed by atoms with Crippen LogP contribution in [-0.2, 0) is 9.53 Å². The number of hydrogen-bond acceptors (Lipinski definition) is 2. The predicted octanol–water partition coefficient (Wildman–Crippen LogP) is 1.25. The first-order valence-corrected chi connectivity index (χ1v) is 4.61. The van der Waals surface area contributed by atoms with E-state index in [0.29, 0.717) is 12.1 Å². The van der Waals surface area contributed by atoms with Crippen LogP contribution in [0.25, 0.3) is 0 Å². The Balaban J connectivity index is 2.33. The van der Waals surface area contributed by atoms with Crippen molar-refractivity contribution >= 4 is 5.91 Å². The number of nitrogens with one attached hydrogen (secondary N) is 1. The minimum Gasteiger partial charge on any atom is -0.373 e. The average molecular weight is 183 g/mol. The van der Waals surface area contributed by atoms with Crippen molar-refractivity contribution in [2.75, 3.05) is 13.2 Å². The Morgan fingerprint density at radius 3 is 2.85 bits per heavy atom. The molecule has 1 saturated heterocycles. The maximum Gasteiger partial charge on any atom is 0.246 e. The molecule has 0 aliphatic carbocycles. The summed E-state index contributed by atoms with van der Waals surface area (Å²) in [6, 6.07) is 0. The molecule has 0 radical (unpaired) electrons. The van der Waals surface area contributed by atoms with Gasteiger partial charge in [-0.2, -0.15) is 0 Å². The molecule has 1 fully saturated rings. The molecule has 13 heavy (non-hydrogen) atoms. The number of carbonyl (C=O) groups is 1. The van der Waals surface area contributed by atoms with E-state index in [0.717, 1.165) is 19.4 Å². The van der Waals surface area contributed by atoms with Crippen LogP contribution in [0.5, 0.6) is 0 Å². The van der Waals surface area contributed by atoms with Crippen molar-refractivity contribution in [1.82, 2.24) is 5.32 Å². The summed E-state index contributed by atoms with van der Waals surface area (Å²) in [4.78, 5) is 11.2. The van der Waals surface area contributed by atoms with Gasteiger partial charge in [-0.3, -0.25) is 4.79 Å². The van der Waals surface area contributed by atoms with Gasteiger partial charge in [-0.1, -0.05) is 6.58 Å². The summed E-state index contributed by atoms with van der Waals surface area (Å²) in [7, 11) is 0. The lowest BCUT2D eigenvalue weighted by atomic mass is 10.0. The topological polar surface area (TPSA) is 38.3 Å². The smallest absolute Gasteiger partial charge is 0.246 e. The molecule has 1 aliphatic rings. The Morgan fingerprint density at radius 2 is 2.38 bits per heavy atom. The molecule has 0 aromatic carbocycles. The van der Waals surface area contributed by atoms with Gasteiger partial charge in [-0.05, 0) is 26.7 Å². The van der Waals surface area contributed by atoms with Gasteiger partial charge in [0, 0.05) is 18.7 Å². The quantitative estimate of drug-likeness (QED) is 0.669. The van der Waals surface area contributed by atoms with E-state index in [9.17, 15) is 4.79 Å². The van der Waals surface area contributed by atoms with E-state index in [-0.39, 0.29) is 11.5 Å². The van der Waals surface area contributed by atoms with Crippen molar-refractivity contribution < 1.29 is 9.53 Å². The Labute approximate surface area is 79.2 Å². The van der Waals surface area contributed by atoms with Crippen LogP contribution in [-0.4, -0.2) is 24.7 Å². The second-order valence-corrected chi connectivity index (χ2v) is 3.86. The van der Waals surface area contributed by atoms with Gasteiger partial charge in [-0.15, -0.1) is 0 Å². The summed E-state index contributed by atoms with van der Waals surface area (Å²) in [5.41, 5.74) is 0.382. The number of carbonyl (C=O) groups excluding carboxylic acids is 1. The third kappa shape index (κ3) is 2.84. The highest BCUT2D eigenvalue weighted by atomic mass is 16.5. The fourth-order valence-corrected chi connectivity index (χ4v) is 1.39. The summed E-state index contributed by atoms with van der Waals surface area (Å²) < 4.78 is 5.53. The van der Waals surface area contributed by atoms with Crippen molar-refractivity contribution in [3.63, 3.8) is 0 Å². The molecule has 0 bridgehead atoms. The van der Waals surface area contributed by atoms with Gasteiger partial charge in [0.1, 0.15) is 0 Å². The molecule has 0 saturated carbocycles. The molecule has 3 heteroatoms. The summed E-state index contributed by atoms with van der Waals surface area (Å²) >= 11 is 0. The van der Waals surface area contributed by atoms with Crippen LogP contribution < -0.4 is 5.32 Å². The fraction of sp³-hybridized carbons (Fsp3) is 0.700. The lowest BCUT2D eigenvalue weighted by Crippen LogP contribution is -2.40. The van der Waals surface area contributed by atoms with E-state index in [2.05, 4.69) is 11.9 Å². The zero-order chi connectivity index (χ0) is 9.90. The second kappa shape index (κ2) is 3.92. The molecule has 1 unspecified atom stereocenters. The van der Waals surface area contributed by atoms with E-state index < -0.39 is 0 Å². The van der Waals surface area contributed by atoms with Crippen molar-refractivity contribution in [1.29, 1.82) is 0 Å². The van der Waals surface area contributed by atoms with Gasteiger partial charge in [0.05, 0.1) is 5.60 Å². The number of hydrogen-bond donors (Lipinski definition) is 1. The SMILES string of the molecule is C=C(C)C(=O)NCC1(C)CCCO1. The Hall–Kier alpha value is -0.830. The predicted molar refractivity (Wildman–Crippen MR) is 51.4 cm³/mol. The first kappa shape index (κ1) is 10.3. The molecule has 1 amide bonds. The molecule has 0 aromatic heterocycles. The van der Waals surface area contributed by atoms with Crippen LogP contribution in [0.1, 0.15) is 26.7 Å². The summed E-state index contributed by atoms with van der Waals surface area (Å²) in [6.07, 6.45) is 2.10. The number of amides is 1. The summed E-state index contributed by atoms with van der Waals surface area (Å²) in [6.45, 7) is 8.69. The largest absolute Gasteiger partial charge is 0.373 e. The van der Waals surface area contributed by atoms with Crippen LogP contribution in [0.2, 0.25) is 0 Å². The monoisotopic (exact) mass is 183 g/mol. The lowest BCUT2D eigenvalue weighted by molar-refractivity contribution is -0.118. The molecule has 3 nitrogen and oxygen atoms in total. The van der Waals surface area contributed by atoms with Gasteiger partial charge in [-0.25, -0.2) is 0 Å². The molecule has 0 aromatic rings. The van der Waals surface area contributed by atoms with Gasteiger partial charge >= 0.3 is 0 Å². The molecular formula is C10H17NO2. The van der Waals surface area contributed by atoms with Crippen molar-refractivity contribution in [2.24, 2.45) is 0 Å². The minimum atomic E-state index is -0.162. The molecule has 1 atom stereocenters. The molecule has 0 spiro atoms. The first-order valence-electron chi connectivity index (χ1n) is 4.61. The zero-order valence-electron chi connectivity index (χ0n) is 8.35. The highest BCUT2D eigenvalue weighted by Gasteiger charge is 2.29. The van der Waals surface area contributed by atoms with E-state index >= 15 is 0 Å². The van der Waals surface area contributed by atoms with Crippen LogP contribution in [0.3, 0.4) is 0 Å². The van der Waals surface area contributed by atoms with Gasteiger partial charge in [0.25, 0.3) is 0 Å². The number of rotatable bonds is 3. The van der Waals surface area contributed by atoms with E-state index in [4.69, 9.17) is 4.74 Å². The van der Waals surface area contributed by atoms with Crippen molar-refractivity contribution in [3.8, 4) is 0 Å². The highest BCUT2D eigenvalue weighted by molar-refractivity contribution is 5.92. The van der Waals surface area contributed by atoms with Crippen LogP contribution >= 0.6 is 0 Å². The Bertz CT molecular complexity index is 217. The van der Waals surface area contributed by atoms with E-state index in [1.165, 1.54) is 0 Å². The maximum atomic E-state index is 11.2. The third-order valence-electron chi connectivity index (χ3n) is 2.31. The molecule has 1 heterocycles. The molecule has 1 aliphatic heterocycles. The van der Waals surface area contributed by atoms with E-state index in [1.807, 2.05) is 6.92 Å². The average Bonchev–Trinajstić information content (AvgIpc) is 2.48. The van der Waals surface area contributed by atoms with Gasteiger partial charge in [0.15, 0.2) is 0 Å². The first-order chi connectivity index (χ1) is 6.03. The Morgan fingerprint density at radius 1 is 1.69 bits per heavy atom. The number of ether oxygens (including phenoxy) is 1. The van der Waals surface area contributed by atoms with Gasteiger partial charge in [0.2, 0.25) is 5.91 Å². The minimum absolute atomic E-state index is 0.0864. The second-order valence-electron chi connectivity index (χ2n) is 3.86. The summed E-state index contributed by atoms with van der Waals surface area (Å²) in [5, 5.41) is 2.80. The lowest BCUT2D eigenvalue weighted by Gasteiger charge is -2.23. The molecule has 1 N–H and O–H groups in total. The van der Waals surface area contributed by atoms with Crippen LogP contribution in [0.4, 0.5) is 0 Å². The van der Waals surface area contributed by atoms with Crippen molar-refractivity contribution in [2.45, 2.75) is 32.3 Å². The van der Waals surface area contributed by atoms with E-state index in [1.54, 1.807) is 6.92 Å². The molecule has 74 valence electrons. The third-order valence-corrected chi connectivity index (χ3v) is 2.31. The maximum absolute atomic E-state index is 11.2. The molecule has 1 rings (SSSR count). The highest BCUT2D eigenvalue weighted by Crippen LogP contribution is 2.23. The summed E-state index contributed by atoms with van der Waals surface area (Å²) in [5.74, 6) is -0.0864. The molecular weight excluding hydrogens is 166 g/mol. The standard InChI is InChI=1S/C10H17NO2/c1-8(2)9(12)11-7-10(3)5-4-6-13-10/h1,4-7H2,2-3H3,(H,11,12). The van der Waals surface area contributed by atoms with Crippen LogP contribution in [0.15, 0.2) is 12.2 Å². The van der Waals surface area contributed by atoms with Gasteiger partial charge < -0.3 is 10.1 Å². The zero-order valence-corrected chi connectivity index (χ0v) is 8.35. The Kier molecular flexibility index (Phi) is 3.09. The normalized spacial score (nSPS) is 27.2. The van der Waals surface area contributed by atoms with Crippen LogP contribution in [0, 0.1) is 0 Å².